The third-order valence-corrected chi connectivity index (χ3v) is 3.05. The molecule has 0 saturated carbocycles. The van der Waals surface area contributed by atoms with Gasteiger partial charge in [0.25, 0.3) is 0 Å². The zero-order valence-electron chi connectivity index (χ0n) is 10.1. The summed E-state index contributed by atoms with van der Waals surface area (Å²) in [6.45, 7) is 5.62. The Kier molecular flexibility index (Phi) is 7.17. The number of rotatable bonds is 8. The van der Waals surface area contributed by atoms with Crippen molar-refractivity contribution in [2.75, 3.05) is 32.7 Å². The van der Waals surface area contributed by atoms with E-state index in [0.717, 1.165) is 32.5 Å². The third kappa shape index (κ3) is 6.80. The van der Waals surface area contributed by atoms with E-state index in [9.17, 15) is 4.79 Å². The van der Waals surface area contributed by atoms with E-state index in [1.165, 1.54) is 32.4 Å². The van der Waals surface area contributed by atoms with Crippen molar-refractivity contribution in [1.29, 1.82) is 0 Å². The highest BCUT2D eigenvalue weighted by atomic mass is 16.4. The number of unbranched alkanes of at least 4 members (excludes halogenated alkanes) is 1. The summed E-state index contributed by atoms with van der Waals surface area (Å²) >= 11 is 0. The van der Waals surface area contributed by atoms with Crippen LogP contribution in [0.5, 0.6) is 0 Å². The van der Waals surface area contributed by atoms with Gasteiger partial charge in [0, 0.05) is 19.5 Å². The summed E-state index contributed by atoms with van der Waals surface area (Å²) in [5.74, 6) is -0.687. The van der Waals surface area contributed by atoms with E-state index in [4.69, 9.17) is 5.11 Å². The molecule has 0 aromatic carbocycles. The fourth-order valence-electron chi connectivity index (χ4n) is 2.07. The average Bonchev–Trinajstić information content (AvgIpc) is 2.29. The number of nitrogens with zero attached hydrogens (tertiary/aromatic N) is 1. The summed E-state index contributed by atoms with van der Waals surface area (Å²) in [7, 11) is 0. The summed E-state index contributed by atoms with van der Waals surface area (Å²) in [4.78, 5) is 12.8. The van der Waals surface area contributed by atoms with Crippen LogP contribution in [0.4, 0.5) is 0 Å². The van der Waals surface area contributed by atoms with Gasteiger partial charge in [-0.2, -0.15) is 0 Å². The van der Waals surface area contributed by atoms with E-state index < -0.39 is 5.97 Å². The SMILES string of the molecule is O=C(O)CCCCNCCN1CCCCC1. The van der Waals surface area contributed by atoms with Crippen LogP contribution in [0.25, 0.3) is 0 Å². The van der Waals surface area contributed by atoms with Crippen LogP contribution in [0.15, 0.2) is 0 Å². The van der Waals surface area contributed by atoms with Gasteiger partial charge in [-0.25, -0.2) is 0 Å². The Morgan fingerprint density at radius 3 is 2.56 bits per heavy atom. The van der Waals surface area contributed by atoms with Crippen molar-refractivity contribution in [3.05, 3.63) is 0 Å². The summed E-state index contributed by atoms with van der Waals surface area (Å²) in [5.41, 5.74) is 0. The highest BCUT2D eigenvalue weighted by molar-refractivity contribution is 5.66. The molecule has 1 heterocycles. The van der Waals surface area contributed by atoms with E-state index >= 15 is 0 Å². The van der Waals surface area contributed by atoms with Gasteiger partial charge in [0.2, 0.25) is 0 Å². The van der Waals surface area contributed by atoms with Crippen LogP contribution in [-0.4, -0.2) is 48.7 Å². The normalized spacial score (nSPS) is 17.5. The van der Waals surface area contributed by atoms with Crippen molar-refractivity contribution in [3.8, 4) is 0 Å². The van der Waals surface area contributed by atoms with E-state index in [2.05, 4.69) is 10.2 Å². The molecule has 94 valence electrons. The molecule has 1 aliphatic heterocycles. The van der Waals surface area contributed by atoms with Gasteiger partial charge >= 0.3 is 5.97 Å². The van der Waals surface area contributed by atoms with Crippen LogP contribution >= 0.6 is 0 Å². The molecule has 0 aromatic rings. The molecule has 0 amide bonds. The lowest BCUT2D eigenvalue weighted by atomic mass is 10.1. The molecule has 0 spiro atoms. The number of hydrogen-bond donors (Lipinski definition) is 2. The minimum Gasteiger partial charge on any atom is -0.481 e. The number of carboxylic acid groups (broad SMARTS) is 1. The zero-order chi connectivity index (χ0) is 11.6. The van der Waals surface area contributed by atoms with E-state index in [1.807, 2.05) is 0 Å². The molecule has 0 aromatic heterocycles. The molecular weight excluding hydrogens is 204 g/mol. The lowest BCUT2D eigenvalue weighted by Crippen LogP contribution is -2.36. The minimum absolute atomic E-state index is 0.299. The van der Waals surface area contributed by atoms with Crippen LogP contribution in [0.1, 0.15) is 38.5 Å². The molecule has 0 atom stereocenters. The van der Waals surface area contributed by atoms with Gasteiger partial charge in [0.1, 0.15) is 0 Å². The molecule has 1 fully saturated rings. The largest absolute Gasteiger partial charge is 0.481 e. The van der Waals surface area contributed by atoms with Crippen LogP contribution in [-0.2, 0) is 4.79 Å². The average molecular weight is 228 g/mol. The molecule has 2 N–H and O–H groups in total. The highest BCUT2D eigenvalue weighted by Gasteiger charge is 2.08. The Labute approximate surface area is 98.0 Å². The summed E-state index contributed by atoms with van der Waals surface area (Å²) < 4.78 is 0. The molecule has 0 aliphatic carbocycles. The zero-order valence-corrected chi connectivity index (χ0v) is 10.1. The number of nitrogens with one attached hydrogen (secondary N) is 1. The second-order valence-electron chi connectivity index (χ2n) is 4.50. The monoisotopic (exact) mass is 228 g/mol. The first-order valence-corrected chi connectivity index (χ1v) is 6.44. The van der Waals surface area contributed by atoms with Gasteiger partial charge in [-0.15, -0.1) is 0 Å². The van der Waals surface area contributed by atoms with Gasteiger partial charge in [-0.1, -0.05) is 6.42 Å². The van der Waals surface area contributed by atoms with Gasteiger partial charge in [-0.3, -0.25) is 4.79 Å². The van der Waals surface area contributed by atoms with Crippen molar-refractivity contribution >= 4 is 5.97 Å². The lowest BCUT2D eigenvalue weighted by molar-refractivity contribution is -0.137. The Balaban J connectivity index is 1.82. The van der Waals surface area contributed by atoms with Gasteiger partial charge in [0.05, 0.1) is 0 Å². The van der Waals surface area contributed by atoms with Crippen LogP contribution < -0.4 is 5.32 Å². The van der Waals surface area contributed by atoms with Gasteiger partial charge in [0.15, 0.2) is 0 Å². The van der Waals surface area contributed by atoms with Crippen molar-refractivity contribution in [3.63, 3.8) is 0 Å². The quantitative estimate of drug-likeness (QED) is 0.615. The predicted molar refractivity (Wildman–Crippen MR) is 64.6 cm³/mol. The Morgan fingerprint density at radius 2 is 1.88 bits per heavy atom. The predicted octanol–water partition coefficient (Wildman–Crippen LogP) is 1.32. The van der Waals surface area contributed by atoms with Crippen LogP contribution in [0.2, 0.25) is 0 Å². The number of carbonyl (C=O) groups is 1. The molecule has 0 unspecified atom stereocenters. The van der Waals surface area contributed by atoms with Crippen molar-refractivity contribution in [2.45, 2.75) is 38.5 Å². The third-order valence-electron chi connectivity index (χ3n) is 3.05. The van der Waals surface area contributed by atoms with Crippen molar-refractivity contribution < 1.29 is 9.90 Å². The highest BCUT2D eigenvalue weighted by Crippen LogP contribution is 2.07. The second-order valence-corrected chi connectivity index (χ2v) is 4.50. The van der Waals surface area contributed by atoms with Crippen molar-refractivity contribution in [1.82, 2.24) is 10.2 Å². The molecule has 0 radical (unpaired) electrons. The molecular formula is C12H24N2O2. The minimum atomic E-state index is -0.687. The van der Waals surface area contributed by atoms with E-state index in [-0.39, 0.29) is 0 Å². The number of carboxylic acids is 1. The Bertz CT molecular complexity index is 191. The first-order chi connectivity index (χ1) is 7.79. The summed E-state index contributed by atoms with van der Waals surface area (Å²) in [6, 6.07) is 0. The molecule has 1 rings (SSSR count). The van der Waals surface area contributed by atoms with Gasteiger partial charge in [-0.05, 0) is 45.3 Å². The maximum Gasteiger partial charge on any atom is 0.303 e. The maximum absolute atomic E-state index is 10.3. The maximum atomic E-state index is 10.3. The van der Waals surface area contributed by atoms with Crippen LogP contribution in [0, 0.1) is 0 Å². The lowest BCUT2D eigenvalue weighted by Gasteiger charge is -2.26. The number of likely N-dealkylation sites (tertiary alicyclic amines) is 1. The fraction of sp³-hybridized carbons (Fsp3) is 0.917. The summed E-state index contributed by atoms with van der Waals surface area (Å²) in [6.07, 6.45) is 6.13. The molecule has 1 aliphatic rings. The fourth-order valence-corrected chi connectivity index (χ4v) is 2.07. The first kappa shape index (κ1) is 13.5. The summed E-state index contributed by atoms with van der Waals surface area (Å²) in [5, 5.41) is 11.8. The van der Waals surface area contributed by atoms with Crippen LogP contribution in [0.3, 0.4) is 0 Å². The second kappa shape index (κ2) is 8.53. The molecule has 16 heavy (non-hydrogen) atoms. The number of aliphatic carboxylic acids is 1. The Morgan fingerprint density at radius 1 is 1.12 bits per heavy atom. The Hall–Kier alpha value is -0.610. The van der Waals surface area contributed by atoms with Gasteiger partial charge < -0.3 is 15.3 Å². The van der Waals surface area contributed by atoms with E-state index in [0.29, 0.717) is 6.42 Å². The number of hydrogen-bond acceptors (Lipinski definition) is 3. The topological polar surface area (TPSA) is 52.6 Å². The van der Waals surface area contributed by atoms with Crippen molar-refractivity contribution in [2.24, 2.45) is 0 Å². The standard InChI is InChI=1S/C12H24N2O2/c15-12(16)6-2-3-7-13-8-11-14-9-4-1-5-10-14/h13H,1-11H2,(H,15,16). The molecule has 4 heteroatoms. The molecule has 0 bridgehead atoms. The number of piperidine rings is 1. The molecule has 1 saturated heterocycles. The molecule has 4 nitrogen and oxygen atoms in total. The smallest absolute Gasteiger partial charge is 0.303 e. The first-order valence-electron chi connectivity index (χ1n) is 6.44. The van der Waals surface area contributed by atoms with E-state index in [1.54, 1.807) is 0 Å².